The summed E-state index contributed by atoms with van der Waals surface area (Å²) in [4.78, 5) is 17.1. The number of aromatic nitrogens is 2. The maximum atomic E-state index is 13.7. The second-order valence-corrected chi connectivity index (χ2v) is 9.29. The lowest BCUT2D eigenvalue weighted by atomic mass is 9.97. The van der Waals surface area contributed by atoms with Gasteiger partial charge in [0.1, 0.15) is 28.0 Å². The van der Waals surface area contributed by atoms with Crippen LogP contribution < -0.4 is 9.64 Å². The van der Waals surface area contributed by atoms with Crippen LogP contribution in [0.3, 0.4) is 0 Å². The third-order valence-electron chi connectivity index (χ3n) is 6.22. The molecule has 0 radical (unpaired) electrons. The molecule has 3 heterocycles. The van der Waals surface area contributed by atoms with Crippen LogP contribution in [0.4, 0.5) is 10.2 Å². The Balaban J connectivity index is 1.37. The van der Waals surface area contributed by atoms with E-state index in [1.54, 1.807) is 19.2 Å². The molecule has 0 bridgehead atoms. The Bertz CT molecular complexity index is 1070. The molecule has 1 saturated heterocycles. The van der Waals surface area contributed by atoms with Crippen LogP contribution >= 0.6 is 11.3 Å². The molecule has 7 heteroatoms. The van der Waals surface area contributed by atoms with Crippen molar-refractivity contribution < 1.29 is 9.13 Å². The summed E-state index contributed by atoms with van der Waals surface area (Å²) in [5, 5.41) is 1.29. The van der Waals surface area contributed by atoms with Crippen LogP contribution in [-0.2, 0) is 19.4 Å². The fourth-order valence-electron chi connectivity index (χ4n) is 4.70. The van der Waals surface area contributed by atoms with Crippen molar-refractivity contribution in [1.82, 2.24) is 14.9 Å². The largest absolute Gasteiger partial charge is 0.496 e. The zero-order valence-corrected chi connectivity index (χ0v) is 18.4. The van der Waals surface area contributed by atoms with Gasteiger partial charge in [-0.2, -0.15) is 0 Å². The molecule has 5 nitrogen and oxygen atoms in total. The van der Waals surface area contributed by atoms with Crippen molar-refractivity contribution in [3.05, 3.63) is 45.8 Å². The van der Waals surface area contributed by atoms with Crippen molar-refractivity contribution in [3.63, 3.8) is 0 Å². The van der Waals surface area contributed by atoms with Gasteiger partial charge >= 0.3 is 0 Å². The molecule has 1 aromatic carbocycles. The van der Waals surface area contributed by atoms with E-state index in [1.165, 1.54) is 41.2 Å². The van der Waals surface area contributed by atoms with Crippen molar-refractivity contribution in [3.8, 4) is 5.75 Å². The fourth-order valence-corrected chi connectivity index (χ4v) is 6.00. The van der Waals surface area contributed by atoms with Gasteiger partial charge in [-0.25, -0.2) is 14.4 Å². The number of fused-ring (bicyclic) bond motifs is 3. The van der Waals surface area contributed by atoms with Crippen molar-refractivity contribution in [2.24, 2.45) is 0 Å². The number of halogens is 1. The maximum Gasteiger partial charge on any atom is 0.141 e. The highest BCUT2D eigenvalue weighted by Crippen LogP contribution is 2.40. The second kappa shape index (κ2) is 8.12. The van der Waals surface area contributed by atoms with Crippen molar-refractivity contribution >= 4 is 27.4 Å². The van der Waals surface area contributed by atoms with Crippen LogP contribution in [-0.4, -0.2) is 48.2 Å². The van der Waals surface area contributed by atoms with Crippen LogP contribution in [0.25, 0.3) is 10.2 Å². The number of piperazine rings is 1. The molecule has 0 saturated carbocycles. The van der Waals surface area contributed by atoms with Gasteiger partial charge in [-0.15, -0.1) is 11.3 Å². The number of aryl methyl sites for hydroxylation is 3. The first-order valence-electron chi connectivity index (χ1n) is 10.7. The lowest BCUT2D eigenvalue weighted by Crippen LogP contribution is -2.46. The fraction of sp³-hybridized carbons (Fsp3) is 0.478. The summed E-state index contributed by atoms with van der Waals surface area (Å²) in [5.41, 5.74) is 2.39. The molecular weight excluding hydrogens is 399 g/mol. The van der Waals surface area contributed by atoms with E-state index in [0.29, 0.717) is 6.54 Å². The van der Waals surface area contributed by atoms with Gasteiger partial charge in [-0.3, -0.25) is 4.90 Å². The summed E-state index contributed by atoms with van der Waals surface area (Å²) in [6.07, 6.45) is 4.87. The first-order chi connectivity index (χ1) is 14.6. The van der Waals surface area contributed by atoms with Crippen LogP contribution in [0.5, 0.6) is 5.75 Å². The minimum absolute atomic E-state index is 0.217. The Hall–Kier alpha value is -2.25. The molecule has 30 heavy (non-hydrogen) atoms. The van der Waals surface area contributed by atoms with E-state index >= 15 is 0 Å². The van der Waals surface area contributed by atoms with E-state index in [9.17, 15) is 4.39 Å². The summed E-state index contributed by atoms with van der Waals surface area (Å²) >= 11 is 1.86. The average Bonchev–Trinajstić information content (AvgIpc) is 3.12. The maximum absolute atomic E-state index is 13.7. The molecule has 1 aliphatic heterocycles. The molecular formula is C23H27FN4OS. The lowest BCUT2D eigenvalue weighted by molar-refractivity contribution is 0.245. The summed E-state index contributed by atoms with van der Waals surface area (Å²) in [6, 6.07) is 4.74. The molecule has 0 unspecified atom stereocenters. The molecule has 2 aromatic heterocycles. The zero-order valence-electron chi connectivity index (χ0n) is 17.6. The Kier molecular flexibility index (Phi) is 5.33. The average molecular weight is 427 g/mol. The van der Waals surface area contributed by atoms with Gasteiger partial charge in [0.25, 0.3) is 0 Å². The highest BCUT2D eigenvalue weighted by Gasteiger charge is 2.26. The Morgan fingerprint density at radius 3 is 2.70 bits per heavy atom. The van der Waals surface area contributed by atoms with Gasteiger partial charge in [0.05, 0.1) is 12.5 Å². The standard InChI is InChI=1S/C23H27FN4OS/c1-15-25-22(21-18-5-3-4-6-20(18)30-23(21)26-15)28-11-9-27(10-12-28)14-16-13-17(24)7-8-19(16)29-2/h7-8,13H,3-6,9-12,14H2,1-2H3. The van der Waals surface area contributed by atoms with Gasteiger partial charge in [-0.1, -0.05) is 0 Å². The predicted octanol–water partition coefficient (Wildman–Crippen LogP) is 4.35. The zero-order chi connectivity index (χ0) is 20.7. The Morgan fingerprint density at radius 1 is 1.10 bits per heavy atom. The van der Waals surface area contributed by atoms with Gasteiger partial charge in [0.2, 0.25) is 0 Å². The Labute approximate surface area is 180 Å². The number of ether oxygens (including phenoxy) is 1. The molecule has 1 fully saturated rings. The SMILES string of the molecule is COc1ccc(F)cc1CN1CCN(c2nc(C)nc3sc4c(c23)CCCC4)CC1. The Morgan fingerprint density at radius 2 is 1.90 bits per heavy atom. The first kappa shape index (κ1) is 19.7. The topological polar surface area (TPSA) is 41.5 Å². The molecule has 3 aromatic rings. The second-order valence-electron chi connectivity index (χ2n) is 8.20. The van der Waals surface area contributed by atoms with Crippen LogP contribution in [0.15, 0.2) is 18.2 Å². The van der Waals surface area contributed by atoms with Crippen LogP contribution in [0, 0.1) is 12.7 Å². The van der Waals surface area contributed by atoms with Crippen LogP contribution in [0.2, 0.25) is 0 Å². The lowest BCUT2D eigenvalue weighted by Gasteiger charge is -2.36. The van der Waals surface area contributed by atoms with E-state index in [4.69, 9.17) is 14.7 Å². The van der Waals surface area contributed by atoms with E-state index in [0.717, 1.165) is 60.4 Å². The summed E-state index contributed by atoms with van der Waals surface area (Å²) in [5.74, 6) is 2.49. The molecule has 0 amide bonds. The summed E-state index contributed by atoms with van der Waals surface area (Å²) < 4.78 is 19.1. The predicted molar refractivity (Wildman–Crippen MR) is 119 cm³/mol. The number of rotatable bonds is 4. The van der Waals surface area contributed by atoms with Gasteiger partial charge in [-0.05, 0) is 56.4 Å². The van der Waals surface area contributed by atoms with Gasteiger partial charge < -0.3 is 9.64 Å². The third-order valence-corrected chi connectivity index (χ3v) is 7.40. The normalized spacial score (nSPS) is 17.4. The smallest absolute Gasteiger partial charge is 0.141 e. The molecule has 5 rings (SSSR count). The van der Waals surface area contributed by atoms with Crippen molar-refractivity contribution in [2.45, 2.75) is 39.2 Å². The molecule has 0 atom stereocenters. The van der Waals surface area contributed by atoms with E-state index in [2.05, 4.69) is 9.80 Å². The first-order valence-corrected chi connectivity index (χ1v) is 11.5. The minimum Gasteiger partial charge on any atom is -0.496 e. The third kappa shape index (κ3) is 3.65. The number of anilines is 1. The quantitative estimate of drug-likeness (QED) is 0.621. The highest BCUT2D eigenvalue weighted by atomic mass is 32.1. The minimum atomic E-state index is -0.217. The van der Waals surface area contributed by atoms with E-state index < -0.39 is 0 Å². The number of hydrogen-bond donors (Lipinski definition) is 0. The van der Waals surface area contributed by atoms with Crippen molar-refractivity contribution in [1.29, 1.82) is 0 Å². The molecule has 1 aliphatic carbocycles. The van der Waals surface area contributed by atoms with Crippen LogP contribution in [0.1, 0.15) is 34.7 Å². The van der Waals surface area contributed by atoms with E-state index in [-0.39, 0.29) is 5.82 Å². The molecule has 0 N–H and O–H groups in total. The van der Waals surface area contributed by atoms with Crippen molar-refractivity contribution in [2.75, 3.05) is 38.2 Å². The van der Waals surface area contributed by atoms with E-state index in [1.807, 2.05) is 18.3 Å². The monoisotopic (exact) mass is 426 g/mol. The number of hydrogen-bond acceptors (Lipinski definition) is 6. The number of thiophene rings is 1. The number of nitrogens with zero attached hydrogens (tertiary/aromatic N) is 4. The number of benzene rings is 1. The molecule has 158 valence electrons. The van der Waals surface area contributed by atoms with Gasteiger partial charge in [0, 0.05) is 43.2 Å². The highest BCUT2D eigenvalue weighted by molar-refractivity contribution is 7.19. The molecule has 0 spiro atoms. The van der Waals surface area contributed by atoms with Gasteiger partial charge in [0.15, 0.2) is 0 Å². The summed E-state index contributed by atoms with van der Waals surface area (Å²) in [6.45, 7) is 6.34. The summed E-state index contributed by atoms with van der Waals surface area (Å²) in [7, 11) is 1.64. The molecule has 2 aliphatic rings. The number of methoxy groups -OCH3 is 1.